The first kappa shape index (κ1) is 21.8. The first-order valence-electron chi connectivity index (χ1n) is 9.78. The first-order valence-corrected chi connectivity index (χ1v) is 10.6. The molecule has 2 heterocycles. The van der Waals surface area contributed by atoms with E-state index in [-0.39, 0.29) is 24.2 Å². The van der Waals surface area contributed by atoms with Crippen molar-refractivity contribution in [3.63, 3.8) is 0 Å². The van der Waals surface area contributed by atoms with Crippen LogP contribution in [0, 0.1) is 19.7 Å². The average Bonchev–Trinajstić information content (AvgIpc) is 3.05. The molecule has 8 heteroatoms. The number of nitrogens with two attached hydrogens (primary N) is 1. The number of aryl methyl sites for hydroxylation is 4. The van der Waals surface area contributed by atoms with E-state index in [0.717, 1.165) is 26.7 Å². The monoisotopic (exact) mass is 427 g/mol. The van der Waals surface area contributed by atoms with Crippen molar-refractivity contribution in [3.8, 4) is 0 Å². The summed E-state index contributed by atoms with van der Waals surface area (Å²) in [5, 5.41) is 0.994. The Hall–Kier alpha value is -2.87. The molecule has 0 fully saturated rings. The molecule has 3 aromatic rings. The lowest BCUT2D eigenvalue weighted by Gasteiger charge is -2.26. The van der Waals surface area contributed by atoms with Crippen LogP contribution in [0.15, 0.2) is 30.6 Å². The van der Waals surface area contributed by atoms with Crippen LogP contribution in [-0.4, -0.2) is 27.9 Å². The standard InChI is InChI=1S/C22H26FN5OS/c1-13-21(30-15(3)27-13)14(2)28(4)22-20(23)18(25-12-26-22)10-9-16-5-7-17(8-6-16)11-19(24)29/h5-8,12,14H,9-11H2,1-4H3,(H2,24,29). The van der Waals surface area contributed by atoms with E-state index in [1.165, 1.54) is 6.33 Å². The van der Waals surface area contributed by atoms with Gasteiger partial charge >= 0.3 is 0 Å². The van der Waals surface area contributed by atoms with Crippen LogP contribution in [0.1, 0.15) is 45.4 Å². The maximum Gasteiger partial charge on any atom is 0.221 e. The SMILES string of the molecule is Cc1nc(C)c(C(C)N(C)c2ncnc(CCc3ccc(CC(N)=O)cc3)c2F)s1. The van der Waals surface area contributed by atoms with E-state index in [9.17, 15) is 4.79 Å². The molecular formula is C22H26FN5OS. The minimum atomic E-state index is -0.393. The van der Waals surface area contributed by atoms with Crippen LogP contribution in [0.3, 0.4) is 0 Å². The molecule has 158 valence electrons. The molecule has 0 aliphatic rings. The zero-order valence-corrected chi connectivity index (χ0v) is 18.5. The number of thiazole rings is 1. The molecule has 0 saturated carbocycles. The molecule has 1 atom stereocenters. The third-order valence-electron chi connectivity index (χ3n) is 5.13. The predicted molar refractivity (Wildman–Crippen MR) is 117 cm³/mol. The van der Waals surface area contributed by atoms with Crippen LogP contribution in [0.4, 0.5) is 10.2 Å². The second kappa shape index (κ2) is 9.30. The Kier molecular flexibility index (Phi) is 6.77. The van der Waals surface area contributed by atoms with Gasteiger partial charge in [0.2, 0.25) is 5.91 Å². The minimum Gasteiger partial charge on any atom is -0.369 e. The van der Waals surface area contributed by atoms with E-state index < -0.39 is 5.82 Å². The number of anilines is 1. The molecule has 6 nitrogen and oxygen atoms in total. The summed E-state index contributed by atoms with van der Waals surface area (Å²) in [6.45, 7) is 5.96. The van der Waals surface area contributed by atoms with Gasteiger partial charge in [-0.2, -0.15) is 0 Å². The molecule has 1 unspecified atom stereocenters. The van der Waals surface area contributed by atoms with Crippen LogP contribution >= 0.6 is 11.3 Å². The topological polar surface area (TPSA) is 85.0 Å². The number of carbonyl (C=O) groups is 1. The van der Waals surface area contributed by atoms with Crippen LogP contribution < -0.4 is 10.6 Å². The Labute approximate surface area is 180 Å². The Morgan fingerprint density at radius 1 is 1.17 bits per heavy atom. The Morgan fingerprint density at radius 3 is 2.43 bits per heavy atom. The molecular weight excluding hydrogens is 401 g/mol. The van der Waals surface area contributed by atoms with Gasteiger partial charge in [-0.3, -0.25) is 4.79 Å². The van der Waals surface area contributed by atoms with Crippen LogP contribution in [0.5, 0.6) is 0 Å². The number of amides is 1. The van der Waals surface area contributed by atoms with Crippen LogP contribution in [0.2, 0.25) is 0 Å². The molecule has 0 bridgehead atoms. The van der Waals surface area contributed by atoms with Crippen molar-refractivity contribution in [2.75, 3.05) is 11.9 Å². The predicted octanol–water partition coefficient (Wildman–Crippen LogP) is 3.70. The Bertz CT molecular complexity index is 1030. The second-order valence-corrected chi connectivity index (χ2v) is 8.62. The van der Waals surface area contributed by atoms with Gasteiger partial charge in [-0.1, -0.05) is 24.3 Å². The second-order valence-electron chi connectivity index (χ2n) is 7.39. The molecule has 1 aromatic carbocycles. The molecule has 0 saturated heterocycles. The molecule has 2 N–H and O–H groups in total. The summed E-state index contributed by atoms with van der Waals surface area (Å²) in [7, 11) is 1.84. The molecule has 30 heavy (non-hydrogen) atoms. The summed E-state index contributed by atoms with van der Waals surface area (Å²) in [6, 6.07) is 7.56. The van der Waals surface area contributed by atoms with Crippen molar-refractivity contribution in [2.24, 2.45) is 5.73 Å². The normalized spacial score (nSPS) is 12.0. The molecule has 0 radical (unpaired) electrons. The van der Waals surface area contributed by atoms with E-state index >= 15 is 4.39 Å². The number of halogens is 1. The molecule has 0 aliphatic heterocycles. The first-order chi connectivity index (χ1) is 14.3. The summed E-state index contributed by atoms with van der Waals surface area (Å²) < 4.78 is 15.2. The molecule has 1 amide bonds. The van der Waals surface area contributed by atoms with E-state index in [0.29, 0.717) is 18.5 Å². The molecule has 2 aromatic heterocycles. The Morgan fingerprint density at radius 2 is 1.83 bits per heavy atom. The lowest BCUT2D eigenvalue weighted by Crippen LogP contribution is -2.24. The van der Waals surface area contributed by atoms with Crippen molar-refractivity contribution in [1.82, 2.24) is 15.0 Å². The summed E-state index contributed by atoms with van der Waals surface area (Å²) >= 11 is 1.62. The largest absolute Gasteiger partial charge is 0.369 e. The average molecular weight is 428 g/mol. The highest BCUT2D eigenvalue weighted by molar-refractivity contribution is 7.11. The summed E-state index contributed by atoms with van der Waals surface area (Å²) in [5.74, 6) is -0.466. The van der Waals surface area contributed by atoms with Crippen molar-refractivity contribution >= 4 is 23.1 Å². The zero-order chi connectivity index (χ0) is 21.8. The summed E-state index contributed by atoms with van der Waals surface area (Å²) in [5.41, 5.74) is 8.48. The van der Waals surface area contributed by atoms with Crippen LogP contribution in [0.25, 0.3) is 0 Å². The third kappa shape index (κ3) is 4.99. The van der Waals surface area contributed by atoms with Crippen molar-refractivity contribution in [1.29, 1.82) is 0 Å². The van der Waals surface area contributed by atoms with E-state index in [1.807, 2.05) is 57.0 Å². The number of primary amides is 1. The number of benzene rings is 1. The molecule has 3 rings (SSSR count). The van der Waals surface area contributed by atoms with Crippen LogP contribution in [-0.2, 0) is 24.1 Å². The number of carbonyl (C=O) groups excluding carboxylic acids is 1. The lowest BCUT2D eigenvalue weighted by atomic mass is 10.0. The van der Waals surface area contributed by atoms with Crippen molar-refractivity contribution in [2.45, 2.75) is 46.1 Å². The minimum absolute atomic E-state index is 0.0498. The third-order valence-corrected chi connectivity index (χ3v) is 6.37. The van der Waals surface area contributed by atoms with Gasteiger partial charge in [-0.05, 0) is 44.7 Å². The lowest BCUT2D eigenvalue weighted by molar-refractivity contribution is -0.117. The summed E-state index contributed by atoms with van der Waals surface area (Å²) in [6.07, 6.45) is 2.72. The van der Waals surface area contributed by atoms with E-state index in [1.54, 1.807) is 11.3 Å². The van der Waals surface area contributed by atoms with Gasteiger partial charge < -0.3 is 10.6 Å². The Balaban J connectivity index is 1.73. The molecule has 0 spiro atoms. The number of rotatable bonds is 8. The fourth-order valence-electron chi connectivity index (χ4n) is 3.40. The number of nitrogens with zero attached hydrogens (tertiary/aromatic N) is 4. The van der Waals surface area contributed by atoms with Gasteiger partial charge in [0.05, 0.1) is 28.9 Å². The number of hydrogen-bond acceptors (Lipinski definition) is 6. The van der Waals surface area contributed by atoms with Crippen molar-refractivity contribution < 1.29 is 9.18 Å². The smallest absolute Gasteiger partial charge is 0.221 e. The van der Waals surface area contributed by atoms with Gasteiger partial charge in [0.25, 0.3) is 0 Å². The number of aromatic nitrogens is 3. The maximum atomic E-state index is 15.2. The van der Waals surface area contributed by atoms with Crippen molar-refractivity contribution in [3.05, 3.63) is 68.8 Å². The van der Waals surface area contributed by atoms with Gasteiger partial charge in [0.15, 0.2) is 11.6 Å². The maximum absolute atomic E-state index is 15.2. The fourth-order valence-corrected chi connectivity index (χ4v) is 4.42. The fraction of sp³-hybridized carbons (Fsp3) is 0.364. The highest BCUT2D eigenvalue weighted by atomic mass is 32.1. The van der Waals surface area contributed by atoms with Gasteiger partial charge in [0.1, 0.15) is 6.33 Å². The quantitative estimate of drug-likeness (QED) is 0.592. The van der Waals surface area contributed by atoms with E-state index in [2.05, 4.69) is 15.0 Å². The number of hydrogen-bond donors (Lipinski definition) is 1. The van der Waals surface area contributed by atoms with Gasteiger partial charge in [-0.15, -0.1) is 11.3 Å². The highest BCUT2D eigenvalue weighted by Crippen LogP contribution is 2.32. The zero-order valence-electron chi connectivity index (χ0n) is 17.6. The van der Waals surface area contributed by atoms with Gasteiger partial charge in [-0.25, -0.2) is 19.3 Å². The summed E-state index contributed by atoms with van der Waals surface area (Å²) in [4.78, 5) is 26.8. The van der Waals surface area contributed by atoms with E-state index in [4.69, 9.17) is 5.73 Å². The highest BCUT2D eigenvalue weighted by Gasteiger charge is 2.22. The van der Waals surface area contributed by atoms with Gasteiger partial charge in [0, 0.05) is 11.9 Å². The molecule has 0 aliphatic carbocycles.